The van der Waals surface area contributed by atoms with Crippen LogP contribution in [0.3, 0.4) is 0 Å². The standard InChI is InChI=1S/C27H27Cl2N5O5/c1-15(26(35)36)6-9-38-18-4-5-19(20(29)11-18)22-33-21-23(31-14-32-25(21)39-27(2)7-8-27)34(22)13-16-10-17(28)12-30-24(16)37-3/h4-5,10-12,14-15H,6-9,13H2,1-3H3,(H,35,36). The zero-order valence-electron chi connectivity index (χ0n) is 21.6. The number of ether oxygens (including phenoxy) is 3. The minimum atomic E-state index is -0.862. The van der Waals surface area contributed by atoms with E-state index in [1.807, 2.05) is 11.5 Å². The molecule has 0 saturated heterocycles. The normalized spacial score (nSPS) is 14.7. The van der Waals surface area contributed by atoms with E-state index in [1.54, 1.807) is 38.3 Å². The van der Waals surface area contributed by atoms with Crippen LogP contribution in [-0.4, -0.2) is 54.9 Å². The monoisotopic (exact) mass is 571 g/mol. The van der Waals surface area contributed by atoms with Crippen molar-refractivity contribution in [2.24, 2.45) is 5.92 Å². The van der Waals surface area contributed by atoms with Crippen LogP contribution in [0.25, 0.3) is 22.6 Å². The highest BCUT2D eigenvalue weighted by Crippen LogP contribution is 2.41. The molecule has 10 nitrogen and oxygen atoms in total. The predicted molar refractivity (Wildman–Crippen MR) is 146 cm³/mol. The van der Waals surface area contributed by atoms with Crippen molar-refractivity contribution in [1.29, 1.82) is 0 Å². The van der Waals surface area contributed by atoms with Crippen LogP contribution < -0.4 is 14.2 Å². The number of nitrogens with zero attached hydrogens (tertiary/aromatic N) is 5. The largest absolute Gasteiger partial charge is 0.494 e. The number of aromatic nitrogens is 5. The van der Waals surface area contributed by atoms with Gasteiger partial charge in [0.25, 0.3) is 0 Å². The number of rotatable bonds is 11. The Morgan fingerprint density at radius 3 is 2.67 bits per heavy atom. The smallest absolute Gasteiger partial charge is 0.306 e. The molecular weight excluding hydrogens is 545 g/mol. The quantitative estimate of drug-likeness (QED) is 0.242. The van der Waals surface area contributed by atoms with Gasteiger partial charge in [-0.05, 0) is 50.5 Å². The number of fused-ring (bicyclic) bond motifs is 1. The fourth-order valence-electron chi connectivity index (χ4n) is 4.04. The van der Waals surface area contributed by atoms with E-state index in [0.29, 0.717) is 56.5 Å². The number of carbonyl (C=O) groups is 1. The fourth-order valence-corrected chi connectivity index (χ4v) is 4.47. The molecule has 1 aromatic carbocycles. The molecule has 1 atom stereocenters. The van der Waals surface area contributed by atoms with Crippen LogP contribution in [0.4, 0.5) is 0 Å². The Morgan fingerprint density at radius 2 is 1.97 bits per heavy atom. The van der Waals surface area contributed by atoms with E-state index in [-0.39, 0.29) is 18.8 Å². The lowest BCUT2D eigenvalue weighted by atomic mass is 10.1. The maximum atomic E-state index is 11.1. The highest BCUT2D eigenvalue weighted by molar-refractivity contribution is 6.33. The van der Waals surface area contributed by atoms with Crippen LogP contribution in [-0.2, 0) is 11.3 Å². The second-order valence-corrected chi connectivity index (χ2v) is 10.6. The number of carboxylic acid groups (broad SMARTS) is 1. The van der Waals surface area contributed by atoms with Crippen LogP contribution in [0.15, 0.2) is 36.8 Å². The van der Waals surface area contributed by atoms with Crippen molar-refractivity contribution >= 4 is 40.3 Å². The third-order valence-electron chi connectivity index (χ3n) is 6.63. The summed E-state index contributed by atoms with van der Waals surface area (Å²) in [6, 6.07) is 7.04. The molecule has 1 N–H and O–H groups in total. The number of benzene rings is 1. The first-order valence-electron chi connectivity index (χ1n) is 12.4. The Kier molecular flexibility index (Phi) is 7.51. The van der Waals surface area contributed by atoms with Crippen molar-refractivity contribution in [1.82, 2.24) is 24.5 Å². The molecular formula is C27H27Cl2N5O5. The minimum Gasteiger partial charge on any atom is -0.494 e. The van der Waals surface area contributed by atoms with Crippen molar-refractivity contribution in [2.75, 3.05) is 13.7 Å². The molecule has 0 radical (unpaired) electrons. The molecule has 1 fully saturated rings. The van der Waals surface area contributed by atoms with Crippen molar-refractivity contribution in [3.05, 3.63) is 52.4 Å². The van der Waals surface area contributed by atoms with Gasteiger partial charge in [-0.15, -0.1) is 0 Å². The van der Waals surface area contributed by atoms with Crippen molar-refractivity contribution in [3.8, 4) is 28.9 Å². The Bertz CT molecular complexity index is 1540. The second-order valence-electron chi connectivity index (χ2n) is 9.76. The topological polar surface area (TPSA) is 121 Å². The first-order chi connectivity index (χ1) is 18.7. The van der Waals surface area contributed by atoms with Gasteiger partial charge >= 0.3 is 5.97 Å². The molecule has 5 rings (SSSR count). The van der Waals surface area contributed by atoms with Gasteiger partial charge in [-0.2, -0.15) is 4.98 Å². The Hall–Kier alpha value is -3.63. The number of halogens is 2. The van der Waals surface area contributed by atoms with E-state index in [1.165, 1.54) is 12.5 Å². The first kappa shape index (κ1) is 27.0. The zero-order chi connectivity index (χ0) is 27.7. The summed E-state index contributed by atoms with van der Waals surface area (Å²) in [5.41, 5.74) is 2.16. The van der Waals surface area contributed by atoms with Crippen LogP contribution in [0.1, 0.15) is 38.7 Å². The number of methoxy groups -OCH3 is 1. The van der Waals surface area contributed by atoms with Gasteiger partial charge in [0, 0.05) is 17.3 Å². The van der Waals surface area contributed by atoms with Crippen LogP contribution in [0.5, 0.6) is 17.5 Å². The summed E-state index contributed by atoms with van der Waals surface area (Å²) in [6.45, 7) is 4.21. The summed E-state index contributed by atoms with van der Waals surface area (Å²) in [6.07, 6.45) is 5.23. The van der Waals surface area contributed by atoms with Gasteiger partial charge in [0.15, 0.2) is 11.2 Å². The molecule has 204 valence electrons. The highest BCUT2D eigenvalue weighted by Gasteiger charge is 2.41. The van der Waals surface area contributed by atoms with Crippen molar-refractivity contribution < 1.29 is 24.1 Å². The zero-order valence-corrected chi connectivity index (χ0v) is 23.2. The van der Waals surface area contributed by atoms with E-state index >= 15 is 0 Å². The molecule has 12 heteroatoms. The molecule has 0 aliphatic heterocycles. The van der Waals surface area contributed by atoms with Crippen LogP contribution in [0, 0.1) is 5.92 Å². The molecule has 0 amide bonds. The third kappa shape index (κ3) is 5.86. The Labute approximate surface area is 234 Å². The highest BCUT2D eigenvalue weighted by atomic mass is 35.5. The molecule has 4 aromatic rings. The molecule has 39 heavy (non-hydrogen) atoms. The third-order valence-corrected chi connectivity index (χ3v) is 7.15. The fraction of sp³-hybridized carbons (Fsp3) is 0.370. The van der Waals surface area contributed by atoms with Crippen molar-refractivity contribution in [3.63, 3.8) is 0 Å². The maximum Gasteiger partial charge on any atom is 0.306 e. The van der Waals surface area contributed by atoms with E-state index in [4.69, 9.17) is 47.5 Å². The molecule has 1 aliphatic carbocycles. The van der Waals surface area contributed by atoms with Gasteiger partial charge in [-0.3, -0.25) is 4.79 Å². The summed E-state index contributed by atoms with van der Waals surface area (Å²) < 4.78 is 19.3. The summed E-state index contributed by atoms with van der Waals surface area (Å²) in [4.78, 5) is 29.2. The van der Waals surface area contributed by atoms with Gasteiger partial charge in [-0.25, -0.2) is 15.0 Å². The Morgan fingerprint density at radius 1 is 1.18 bits per heavy atom. The van der Waals surface area contributed by atoms with Gasteiger partial charge in [0.2, 0.25) is 11.8 Å². The average molecular weight is 572 g/mol. The molecule has 0 spiro atoms. The van der Waals surface area contributed by atoms with Gasteiger partial charge < -0.3 is 23.9 Å². The summed E-state index contributed by atoms with van der Waals surface area (Å²) in [7, 11) is 1.55. The number of hydrogen-bond acceptors (Lipinski definition) is 8. The lowest BCUT2D eigenvalue weighted by Gasteiger charge is -2.14. The lowest BCUT2D eigenvalue weighted by molar-refractivity contribution is -0.141. The molecule has 1 saturated carbocycles. The van der Waals surface area contributed by atoms with E-state index in [2.05, 4.69) is 15.0 Å². The molecule has 3 heterocycles. The average Bonchev–Trinajstić information content (AvgIpc) is 3.52. The number of hydrogen-bond donors (Lipinski definition) is 1. The molecule has 1 unspecified atom stereocenters. The number of carboxylic acids is 1. The first-order valence-corrected chi connectivity index (χ1v) is 13.2. The van der Waals surface area contributed by atoms with E-state index < -0.39 is 11.9 Å². The van der Waals surface area contributed by atoms with E-state index in [9.17, 15) is 4.79 Å². The van der Waals surface area contributed by atoms with Gasteiger partial charge in [-0.1, -0.05) is 30.1 Å². The van der Waals surface area contributed by atoms with Crippen LogP contribution in [0.2, 0.25) is 10.0 Å². The summed E-state index contributed by atoms with van der Waals surface area (Å²) in [5, 5.41) is 9.95. The molecule has 1 aliphatic rings. The van der Waals surface area contributed by atoms with Crippen molar-refractivity contribution in [2.45, 2.75) is 45.3 Å². The predicted octanol–water partition coefficient (Wildman–Crippen LogP) is 5.67. The second kappa shape index (κ2) is 10.9. The summed E-state index contributed by atoms with van der Waals surface area (Å²) >= 11 is 13.0. The maximum absolute atomic E-state index is 11.1. The SMILES string of the molecule is COc1ncc(Cl)cc1Cn1c(-c2ccc(OCCC(C)C(=O)O)cc2Cl)nc2c(OC3(C)CC3)ncnc21. The molecule has 3 aromatic heterocycles. The lowest BCUT2D eigenvalue weighted by Crippen LogP contribution is -2.13. The number of pyridine rings is 1. The number of aliphatic carboxylic acids is 1. The van der Waals surface area contributed by atoms with Gasteiger partial charge in [0.1, 0.15) is 23.5 Å². The molecule has 0 bridgehead atoms. The van der Waals surface area contributed by atoms with Crippen LogP contribution >= 0.6 is 23.2 Å². The van der Waals surface area contributed by atoms with Gasteiger partial charge in [0.05, 0.1) is 36.2 Å². The van der Waals surface area contributed by atoms with E-state index in [0.717, 1.165) is 18.4 Å². The summed E-state index contributed by atoms with van der Waals surface area (Å²) in [5.74, 6) is 0.519. The Balaban J connectivity index is 1.55. The minimum absolute atomic E-state index is 0.248. The number of imidazole rings is 1.